The number of rotatable bonds is 2. The van der Waals surface area contributed by atoms with E-state index in [4.69, 9.17) is 4.42 Å². The molecule has 1 N–H and O–H groups in total. The average molecular weight is 287 g/mol. The van der Waals surface area contributed by atoms with Crippen molar-refractivity contribution in [1.82, 2.24) is 9.78 Å². The van der Waals surface area contributed by atoms with E-state index in [2.05, 4.69) is 10.4 Å². The van der Waals surface area contributed by atoms with Gasteiger partial charge in [0.05, 0.1) is 5.69 Å². The molecule has 6 heteroatoms. The lowest BCUT2D eigenvalue weighted by molar-refractivity contribution is 0.0997. The fourth-order valence-electron chi connectivity index (χ4n) is 2.31. The predicted molar refractivity (Wildman–Crippen MR) is 76.8 cm³/mol. The van der Waals surface area contributed by atoms with Crippen molar-refractivity contribution in [1.29, 1.82) is 0 Å². The van der Waals surface area contributed by atoms with Gasteiger partial charge in [-0.2, -0.15) is 5.10 Å². The van der Waals surface area contributed by atoms with Crippen LogP contribution in [-0.2, 0) is 7.05 Å². The molecule has 2 heterocycles. The van der Waals surface area contributed by atoms with E-state index < -0.39 is 0 Å². The van der Waals surface area contributed by atoms with Crippen LogP contribution in [0.4, 0.5) is 10.2 Å². The largest absolute Gasteiger partial charge is 0.451 e. The zero-order valence-corrected chi connectivity index (χ0v) is 11.9. The smallest absolute Gasteiger partial charge is 0.292 e. The first-order chi connectivity index (χ1) is 9.95. The van der Waals surface area contributed by atoms with Crippen molar-refractivity contribution in [3.63, 3.8) is 0 Å². The van der Waals surface area contributed by atoms with E-state index in [1.807, 2.05) is 6.92 Å². The van der Waals surface area contributed by atoms with Crippen LogP contribution in [0.5, 0.6) is 0 Å². The summed E-state index contributed by atoms with van der Waals surface area (Å²) in [6.45, 7) is 3.57. The highest BCUT2D eigenvalue weighted by Gasteiger charge is 2.19. The summed E-state index contributed by atoms with van der Waals surface area (Å²) in [5.41, 5.74) is 1.90. The number of hydrogen-bond donors (Lipinski definition) is 1. The van der Waals surface area contributed by atoms with E-state index in [-0.39, 0.29) is 17.5 Å². The van der Waals surface area contributed by atoms with Gasteiger partial charge in [-0.15, -0.1) is 0 Å². The molecule has 5 nitrogen and oxygen atoms in total. The number of carbonyl (C=O) groups is 1. The van der Waals surface area contributed by atoms with Crippen molar-refractivity contribution in [2.75, 3.05) is 5.32 Å². The Labute approximate surface area is 120 Å². The second-order valence-electron chi connectivity index (χ2n) is 4.95. The topological polar surface area (TPSA) is 60.1 Å². The predicted octanol–water partition coefficient (Wildman–Crippen LogP) is 3.17. The Morgan fingerprint density at radius 1 is 1.33 bits per heavy atom. The van der Waals surface area contributed by atoms with Gasteiger partial charge in [-0.3, -0.25) is 9.48 Å². The van der Waals surface area contributed by atoms with E-state index >= 15 is 0 Å². The number of nitrogens with zero attached hydrogens (tertiary/aromatic N) is 2. The summed E-state index contributed by atoms with van der Waals surface area (Å²) in [5, 5.41) is 7.49. The number of hydrogen-bond acceptors (Lipinski definition) is 3. The molecule has 2 aromatic heterocycles. The van der Waals surface area contributed by atoms with Crippen LogP contribution in [0.2, 0.25) is 0 Å². The molecule has 0 unspecified atom stereocenters. The minimum atomic E-state index is -0.382. The van der Waals surface area contributed by atoms with Crippen molar-refractivity contribution >= 4 is 22.7 Å². The maximum absolute atomic E-state index is 13.3. The highest BCUT2D eigenvalue weighted by molar-refractivity contribution is 6.06. The molecule has 0 radical (unpaired) electrons. The Hall–Kier alpha value is -2.63. The van der Waals surface area contributed by atoms with Gasteiger partial charge in [0.25, 0.3) is 5.91 Å². The van der Waals surface area contributed by atoms with Crippen LogP contribution in [0.15, 0.2) is 28.7 Å². The summed E-state index contributed by atoms with van der Waals surface area (Å²) in [7, 11) is 1.74. The minimum Gasteiger partial charge on any atom is -0.451 e. The lowest BCUT2D eigenvalue weighted by Gasteiger charge is -2.03. The van der Waals surface area contributed by atoms with Crippen LogP contribution < -0.4 is 5.32 Å². The SMILES string of the molecule is Cc1cc(NC(=O)c2oc3ccc(F)cc3c2C)n(C)n1. The molecule has 108 valence electrons. The van der Waals surface area contributed by atoms with Gasteiger partial charge in [0.2, 0.25) is 0 Å². The van der Waals surface area contributed by atoms with Crippen molar-refractivity contribution < 1.29 is 13.6 Å². The number of aromatic nitrogens is 2. The zero-order valence-electron chi connectivity index (χ0n) is 11.9. The number of carbonyl (C=O) groups excluding carboxylic acids is 1. The van der Waals surface area contributed by atoms with E-state index in [0.29, 0.717) is 22.4 Å². The Balaban J connectivity index is 1.98. The highest BCUT2D eigenvalue weighted by atomic mass is 19.1. The first-order valence-corrected chi connectivity index (χ1v) is 6.46. The summed E-state index contributed by atoms with van der Waals surface area (Å²) in [5.74, 6) is 0.00529. The van der Waals surface area contributed by atoms with Gasteiger partial charge < -0.3 is 9.73 Å². The van der Waals surface area contributed by atoms with E-state index in [0.717, 1.165) is 5.69 Å². The van der Waals surface area contributed by atoms with Gasteiger partial charge in [0.15, 0.2) is 5.76 Å². The molecule has 0 saturated heterocycles. The maximum Gasteiger partial charge on any atom is 0.292 e. The minimum absolute atomic E-state index is 0.175. The fraction of sp³-hybridized carbons (Fsp3) is 0.200. The average Bonchev–Trinajstić information content (AvgIpc) is 2.91. The van der Waals surface area contributed by atoms with Crippen molar-refractivity contribution in [3.05, 3.63) is 47.1 Å². The molecule has 0 aliphatic rings. The Kier molecular flexibility index (Phi) is 3.01. The van der Waals surface area contributed by atoms with Crippen molar-refractivity contribution in [3.8, 4) is 0 Å². The van der Waals surface area contributed by atoms with Gasteiger partial charge in [-0.25, -0.2) is 4.39 Å². The zero-order chi connectivity index (χ0) is 15.1. The quantitative estimate of drug-likeness (QED) is 0.787. The first-order valence-electron chi connectivity index (χ1n) is 6.46. The Morgan fingerprint density at radius 3 is 2.76 bits per heavy atom. The van der Waals surface area contributed by atoms with Crippen LogP contribution in [-0.4, -0.2) is 15.7 Å². The first kappa shape index (κ1) is 13.4. The van der Waals surface area contributed by atoms with Crippen LogP contribution in [0, 0.1) is 19.7 Å². The molecule has 1 amide bonds. The summed E-state index contributed by atoms with van der Waals surface area (Å²) in [6, 6.07) is 5.94. The second-order valence-corrected chi connectivity index (χ2v) is 4.95. The van der Waals surface area contributed by atoms with Crippen LogP contribution >= 0.6 is 0 Å². The van der Waals surface area contributed by atoms with Gasteiger partial charge >= 0.3 is 0 Å². The third kappa shape index (κ3) is 2.29. The summed E-state index contributed by atoms with van der Waals surface area (Å²) in [4.78, 5) is 12.3. The number of amides is 1. The van der Waals surface area contributed by atoms with Crippen molar-refractivity contribution in [2.24, 2.45) is 7.05 Å². The van der Waals surface area contributed by atoms with E-state index in [1.165, 1.54) is 18.2 Å². The molecule has 0 saturated carbocycles. The number of aryl methyl sites for hydroxylation is 3. The number of fused-ring (bicyclic) bond motifs is 1. The van der Waals surface area contributed by atoms with Crippen LogP contribution in [0.1, 0.15) is 21.8 Å². The number of anilines is 1. The molecule has 0 spiro atoms. The lowest BCUT2D eigenvalue weighted by Crippen LogP contribution is -2.14. The molecule has 0 bridgehead atoms. The van der Waals surface area contributed by atoms with Gasteiger partial charge in [0, 0.05) is 24.1 Å². The Bertz CT molecular complexity index is 848. The summed E-state index contributed by atoms with van der Waals surface area (Å²) < 4.78 is 20.4. The molecular formula is C15H14FN3O2. The standard InChI is InChI=1S/C15H14FN3O2/c1-8-6-13(19(3)18-8)17-15(20)14-9(2)11-7-10(16)4-5-12(11)21-14/h4-7H,1-3H3,(H,17,20). The summed E-state index contributed by atoms with van der Waals surface area (Å²) in [6.07, 6.45) is 0. The molecule has 3 rings (SSSR count). The molecule has 1 aromatic carbocycles. The Morgan fingerprint density at radius 2 is 2.10 bits per heavy atom. The lowest BCUT2D eigenvalue weighted by atomic mass is 10.1. The van der Waals surface area contributed by atoms with Crippen LogP contribution in [0.3, 0.4) is 0 Å². The monoisotopic (exact) mass is 287 g/mol. The fourth-order valence-corrected chi connectivity index (χ4v) is 2.31. The van der Waals surface area contributed by atoms with E-state index in [9.17, 15) is 9.18 Å². The molecule has 0 fully saturated rings. The van der Waals surface area contributed by atoms with Crippen LogP contribution in [0.25, 0.3) is 11.0 Å². The number of benzene rings is 1. The number of halogens is 1. The molecular weight excluding hydrogens is 273 g/mol. The normalized spacial score (nSPS) is 11.0. The molecule has 0 aliphatic heterocycles. The second kappa shape index (κ2) is 4.73. The highest BCUT2D eigenvalue weighted by Crippen LogP contribution is 2.26. The molecule has 21 heavy (non-hydrogen) atoms. The van der Waals surface area contributed by atoms with Gasteiger partial charge in [0.1, 0.15) is 17.2 Å². The maximum atomic E-state index is 13.3. The van der Waals surface area contributed by atoms with Gasteiger partial charge in [-0.1, -0.05) is 0 Å². The van der Waals surface area contributed by atoms with Gasteiger partial charge in [-0.05, 0) is 32.0 Å². The third-order valence-electron chi connectivity index (χ3n) is 3.35. The number of furan rings is 1. The summed E-state index contributed by atoms with van der Waals surface area (Å²) >= 11 is 0. The molecule has 0 aliphatic carbocycles. The van der Waals surface area contributed by atoms with Crippen molar-refractivity contribution in [2.45, 2.75) is 13.8 Å². The van der Waals surface area contributed by atoms with E-state index in [1.54, 1.807) is 24.7 Å². The third-order valence-corrected chi connectivity index (χ3v) is 3.35. The molecule has 0 atom stereocenters. The number of nitrogens with one attached hydrogen (secondary N) is 1. The molecule has 3 aromatic rings.